The van der Waals surface area contributed by atoms with Gasteiger partial charge < -0.3 is 15.8 Å². The molecule has 0 saturated carbocycles. The number of Topliss-reactive ketones (excluding diaryl/α,β-unsaturated/α-hetero) is 1. The van der Waals surface area contributed by atoms with Crippen LogP contribution in [0, 0.1) is 17.8 Å². The number of hydroxylamine groups is 1. The average Bonchev–Trinajstić information content (AvgIpc) is 2.72. The highest BCUT2D eigenvalue weighted by molar-refractivity contribution is 7.80. The second kappa shape index (κ2) is 11.2. The number of methoxy groups -OCH3 is 1. The Bertz CT molecular complexity index is 711. The van der Waals surface area contributed by atoms with Crippen molar-refractivity contribution in [3.8, 4) is 5.75 Å². The summed E-state index contributed by atoms with van der Waals surface area (Å²) in [5.74, 6) is -3.06. The van der Waals surface area contributed by atoms with E-state index in [1.54, 1.807) is 29.7 Å². The maximum absolute atomic E-state index is 13.5. The second-order valence-electron chi connectivity index (χ2n) is 7.44. The molecule has 0 fully saturated rings. The van der Waals surface area contributed by atoms with Gasteiger partial charge >= 0.3 is 0 Å². The molecular formula is C20H31N3O5S. The predicted octanol–water partition coefficient (Wildman–Crippen LogP) is 0.964. The van der Waals surface area contributed by atoms with Crippen LogP contribution in [0.3, 0.4) is 0 Å². The summed E-state index contributed by atoms with van der Waals surface area (Å²) >= 11 is 4.18. The minimum atomic E-state index is -1.89. The Morgan fingerprint density at radius 3 is 2.21 bits per heavy atom. The molecule has 9 heteroatoms. The number of amides is 2. The van der Waals surface area contributed by atoms with Gasteiger partial charge in [-0.1, -0.05) is 26.0 Å². The summed E-state index contributed by atoms with van der Waals surface area (Å²) in [4.78, 5) is 38.4. The molecule has 1 rings (SSSR count). The molecule has 0 radical (unpaired) electrons. The van der Waals surface area contributed by atoms with E-state index in [4.69, 9.17) is 15.7 Å². The number of hydrogen-bond donors (Lipinski definition) is 5. The fraction of sp³-hybridized carbons (Fsp3) is 0.550. The molecule has 0 aliphatic heterocycles. The molecule has 0 aliphatic carbocycles. The van der Waals surface area contributed by atoms with Gasteiger partial charge in [-0.05, 0) is 30.0 Å². The van der Waals surface area contributed by atoms with Gasteiger partial charge in [0.25, 0.3) is 0 Å². The molecule has 0 aromatic heterocycles. The topological polar surface area (TPSA) is 131 Å². The van der Waals surface area contributed by atoms with Crippen LogP contribution in [0.25, 0.3) is 0 Å². The van der Waals surface area contributed by atoms with Crippen LogP contribution in [0.4, 0.5) is 0 Å². The lowest BCUT2D eigenvalue weighted by Crippen LogP contribution is -2.63. The first-order valence-corrected chi connectivity index (χ1v) is 10.0. The first-order valence-electron chi connectivity index (χ1n) is 9.37. The monoisotopic (exact) mass is 425 g/mol. The molecule has 29 heavy (non-hydrogen) atoms. The summed E-state index contributed by atoms with van der Waals surface area (Å²) < 4.78 is 5.13. The highest BCUT2D eigenvalue weighted by Crippen LogP contribution is 2.29. The Morgan fingerprint density at radius 2 is 1.79 bits per heavy atom. The number of nitrogens with one attached hydrogen (secondary N) is 2. The first kappa shape index (κ1) is 24.9. The smallest absolute Gasteiger partial charge is 0.247 e. The van der Waals surface area contributed by atoms with Crippen molar-refractivity contribution in [2.45, 2.75) is 32.2 Å². The predicted molar refractivity (Wildman–Crippen MR) is 113 cm³/mol. The molecule has 162 valence electrons. The highest BCUT2D eigenvalue weighted by Gasteiger charge is 2.47. The van der Waals surface area contributed by atoms with E-state index in [0.29, 0.717) is 17.7 Å². The zero-order valence-corrected chi connectivity index (χ0v) is 18.2. The third kappa shape index (κ3) is 6.19. The number of nitrogens with two attached hydrogens (primary N) is 1. The van der Waals surface area contributed by atoms with E-state index in [1.165, 1.54) is 14.2 Å². The first-order chi connectivity index (χ1) is 13.6. The van der Waals surface area contributed by atoms with E-state index in [-0.39, 0.29) is 18.1 Å². The Balaban J connectivity index is 3.36. The van der Waals surface area contributed by atoms with Gasteiger partial charge in [-0.15, -0.1) is 0 Å². The maximum Gasteiger partial charge on any atom is 0.247 e. The van der Waals surface area contributed by atoms with Gasteiger partial charge in [-0.2, -0.15) is 12.6 Å². The molecule has 0 bridgehead atoms. The number of rotatable bonds is 11. The van der Waals surface area contributed by atoms with Crippen LogP contribution in [0.15, 0.2) is 24.3 Å². The lowest BCUT2D eigenvalue weighted by atomic mass is 9.73. The van der Waals surface area contributed by atoms with Crippen LogP contribution in [0.2, 0.25) is 0 Å². The van der Waals surface area contributed by atoms with E-state index in [0.717, 1.165) is 0 Å². The molecule has 0 aliphatic rings. The van der Waals surface area contributed by atoms with Gasteiger partial charge in [0.1, 0.15) is 5.75 Å². The summed E-state index contributed by atoms with van der Waals surface area (Å²) in [6.07, 6.45) is 0.264. The van der Waals surface area contributed by atoms with Gasteiger partial charge in [0, 0.05) is 25.1 Å². The van der Waals surface area contributed by atoms with Crippen molar-refractivity contribution in [2.75, 3.05) is 19.9 Å². The molecule has 5 N–H and O–H groups in total. The largest absolute Gasteiger partial charge is 0.497 e. The molecule has 0 spiro atoms. The van der Waals surface area contributed by atoms with Crippen LogP contribution in [-0.2, 0) is 20.8 Å². The molecule has 3 atom stereocenters. The molecule has 1 aromatic carbocycles. The number of ketones is 1. The van der Waals surface area contributed by atoms with Crippen molar-refractivity contribution >= 4 is 30.2 Å². The Labute approximate surface area is 176 Å². The number of hydrogen-bond acceptors (Lipinski definition) is 7. The van der Waals surface area contributed by atoms with Gasteiger partial charge in [0.05, 0.1) is 13.0 Å². The van der Waals surface area contributed by atoms with Crippen LogP contribution >= 0.6 is 12.6 Å². The van der Waals surface area contributed by atoms with Gasteiger partial charge in [-0.3, -0.25) is 19.6 Å². The quantitative estimate of drug-likeness (QED) is 0.155. The van der Waals surface area contributed by atoms with E-state index in [1.807, 2.05) is 13.8 Å². The molecule has 2 amide bonds. The third-order valence-electron chi connectivity index (χ3n) is 4.91. The van der Waals surface area contributed by atoms with Crippen molar-refractivity contribution in [1.29, 1.82) is 0 Å². The minimum absolute atomic E-state index is 0.0158. The van der Waals surface area contributed by atoms with Gasteiger partial charge in [0.15, 0.2) is 11.3 Å². The van der Waals surface area contributed by atoms with E-state index >= 15 is 0 Å². The number of carbonyl (C=O) groups is 3. The number of ether oxygens (including phenoxy) is 1. The lowest BCUT2D eigenvalue weighted by molar-refractivity contribution is -0.144. The normalized spacial score (nSPS) is 15.2. The highest BCUT2D eigenvalue weighted by atomic mass is 32.1. The van der Waals surface area contributed by atoms with Gasteiger partial charge in [-0.25, -0.2) is 5.48 Å². The molecule has 2 unspecified atom stereocenters. The summed E-state index contributed by atoms with van der Waals surface area (Å²) in [6, 6.07) is 6.88. The van der Waals surface area contributed by atoms with Crippen molar-refractivity contribution in [3.05, 3.63) is 29.8 Å². The number of benzene rings is 1. The third-order valence-corrected chi connectivity index (χ3v) is 5.30. The maximum atomic E-state index is 13.5. The van der Waals surface area contributed by atoms with Crippen LogP contribution in [0.5, 0.6) is 5.75 Å². The fourth-order valence-corrected chi connectivity index (χ4v) is 3.76. The summed E-state index contributed by atoms with van der Waals surface area (Å²) in [5.41, 5.74) is 6.76. The van der Waals surface area contributed by atoms with E-state index < -0.39 is 35.0 Å². The van der Waals surface area contributed by atoms with E-state index in [2.05, 4.69) is 17.9 Å². The summed E-state index contributed by atoms with van der Waals surface area (Å²) in [7, 11) is 2.94. The van der Waals surface area contributed by atoms with Crippen LogP contribution in [-0.4, -0.2) is 48.3 Å². The van der Waals surface area contributed by atoms with E-state index in [9.17, 15) is 14.4 Å². The van der Waals surface area contributed by atoms with Crippen molar-refractivity contribution in [1.82, 2.24) is 10.8 Å². The molecule has 1 aromatic rings. The Kier molecular flexibility index (Phi) is 9.61. The Morgan fingerprint density at radius 1 is 1.21 bits per heavy atom. The lowest BCUT2D eigenvalue weighted by Gasteiger charge is -2.33. The molecule has 0 saturated heterocycles. The zero-order valence-electron chi connectivity index (χ0n) is 17.3. The van der Waals surface area contributed by atoms with Crippen molar-refractivity contribution < 1.29 is 24.3 Å². The number of thiol groups is 1. The average molecular weight is 426 g/mol. The fourth-order valence-electron chi connectivity index (χ4n) is 3.34. The van der Waals surface area contributed by atoms with Crippen molar-refractivity contribution in [3.63, 3.8) is 0 Å². The number of likely N-dealkylation sites (N-methyl/N-ethyl adjacent to an activating group) is 1. The second-order valence-corrected chi connectivity index (χ2v) is 7.81. The summed E-state index contributed by atoms with van der Waals surface area (Å²) in [6.45, 7) is 3.79. The number of carbonyl (C=O) groups excluding carboxylic acids is 3. The molecular weight excluding hydrogens is 394 g/mol. The zero-order chi connectivity index (χ0) is 22.2. The SMILES string of the molecule is CNC(=O)[C@@](N)(Cc1ccc(OC)cc1)C(=O)C(CC(C)C)C(CS)C(=O)NO. The minimum Gasteiger partial charge on any atom is -0.497 e. The van der Waals surface area contributed by atoms with Crippen LogP contribution < -0.4 is 21.3 Å². The van der Waals surface area contributed by atoms with Crippen LogP contribution in [0.1, 0.15) is 25.8 Å². The van der Waals surface area contributed by atoms with Crippen molar-refractivity contribution in [2.24, 2.45) is 23.5 Å². The summed E-state index contributed by atoms with van der Waals surface area (Å²) in [5, 5.41) is 11.5. The standard InChI is InChI=1S/C20H31N3O5S/c1-12(2)9-15(16(11-29)18(25)23-27)17(24)20(21,19(26)22-3)10-13-5-7-14(28-4)8-6-13/h5-8,12,15-16,27,29H,9-11,21H2,1-4H3,(H,22,26)(H,23,25)/t15?,16?,20-/m1/s1. The Hall–Kier alpha value is -2.10. The molecule has 0 heterocycles. The molecule has 8 nitrogen and oxygen atoms in total. The van der Waals surface area contributed by atoms with Gasteiger partial charge in [0.2, 0.25) is 11.8 Å².